The van der Waals surface area contributed by atoms with Crippen molar-refractivity contribution in [1.82, 2.24) is 20.1 Å². The fraction of sp³-hybridized carbons (Fsp3) is 0.800. The van der Waals surface area contributed by atoms with Gasteiger partial charge in [-0.3, -0.25) is 20.9 Å². The van der Waals surface area contributed by atoms with Crippen LogP contribution >= 0.6 is 0 Å². The lowest BCUT2D eigenvalue weighted by atomic mass is 9.89. The van der Waals surface area contributed by atoms with Gasteiger partial charge in [0.1, 0.15) is 0 Å². The Labute approximate surface area is 123 Å². The summed E-state index contributed by atoms with van der Waals surface area (Å²) in [6.45, 7) is 13.1. The van der Waals surface area contributed by atoms with Crippen LogP contribution in [0.25, 0.3) is 0 Å². The summed E-state index contributed by atoms with van der Waals surface area (Å²) >= 11 is 0. The second kappa shape index (κ2) is 7.20. The summed E-state index contributed by atoms with van der Waals surface area (Å²) in [4.78, 5) is 2.44. The van der Waals surface area contributed by atoms with Crippen LogP contribution in [0.4, 0.5) is 0 Å². The monoisotopic (exact) mass is 281 g/mol. The molecule has 0 amide bonds. The molecular weight excluding hydrogens is 250 g/mol. The predicted molar refractivity (Wildman–Crippen MR) is 84.4 cm³/mol. The number of likely N-dealkylation sites (N-methyl/N-ethyl adjacent to an activating group) is 1. The molecule has 1 heterocycles. The van der Waals surface area contributed by atoms with E-state index in [0.717, 1.165) is 31.6 Å². The van der Waals surface area contributed by atoms with E-state index < -0.39 is 0 Å². The van der Waals surface area contributed by atoms with Crippen LogP contribution in [0.5, 0.6) is 0 Å². The summed E-state index contributed by atoms with van der Waals surface area (Å²) < 4.78 is 1.97. The molecule has 1 unspecified atom stereocenters. The standard InChI is InChI=1S/C15H31N5/c1-7-12-10-13(19(6)18-12)11-14(17-16)15(4,5)20(8-2)9-3/h10,14,17H,7-9,11,16H2,1-6H3. The number of hydrazine groups is 1. The first-order chi connectivity index (χ1) is 9.40. The number of hydrogen-bond donors (Lipinski definition) is 2. The van der Waals surface area contributed by atoms with E-state index in [1.807, 2.05) is 11.7 Å². The van der Waals surface area contributed by atoms with E-state index in [1.54, 1.807) is 0 Å². The van der Waals surface area contributed by atoms with Gasteiger partial charge in [0.05, 0.1) is 5.69 Å². The van der Waals surface area contributed by atoms with Gasteiger partial charge in [-0.2, -0.15) is 5.10 Å². The lowest BCUT2D eigenvalue weighted by molar-refractivity contribution is 0.0904. The molecule has 5 nitrogen and oxygen atoms in total. The molecule has 1 aromatic heterocycles. The maximum atomic E-state index is 5.84. The highest BCUT2D eigenvalue weighted by Crippen LogP contribution is 2.22. The first-order valence-corrected chi connectivity index (χ1v) is 7.63. The maximum absolute atomic E-state index is 5.84. The molecule has 0 aliphatic carbocycles. The Bertz CT molecular complexity index is 406. The number of nitrogens with one attached hydrogen (secondary N) is 1. The van der Waals surface area contributed by atoms with E-state index in [4.69, 9.17) is 5.84 Å². The van der Waals surface area contributed by atoms with E-state index in [2.05, 4.69) is 56.1 Å². The highest BCUT2D eigenvalue weighted by molar-refractivity contribution is 5.13. The normalized spacial score (nSPS) is 14.0. The Kier molecular flexibility index (Phi) is 6.17. The van der Waals surface area contributed by atoms with Gasteiger partial charge >= 0.3 is 0 Å². The fourth-order valence-electron chi connectivity index (χ4n) is 2.92. The van der Waals surface area contributed by atoms with Crippen LogP contribution in [-0.2, 0) is 19.9 Å². The average Bonchev–Trinajstić information content (AvgIpc) is 2.77. The van der Waals surface area contributed by atoms with Crippen LogP contribution in [0, 0.1) is 0 Å². The Balaban J connectivity index is 2.92. The Morgan fingerprint density at radius 3 is 2.35 bits per heavy atom. The van der Waals surface area contributed by atoms with Crippen molar-refractivity contribution >= 4 is 0 Å². The number of nitrogens with two attached hydrogens (primary N) is 1. The van der Waals surface area contributed by atoms with Gasteiger partial charge in [-0.05, 0) is 39.4 Å². The smallest absolute Gasteiger partial charge is 0.0624 e. The Morgan fingerprint density at radius 1 is 1.35 bits per heavy atom. The third-order valence-electron chi connectivity index (χ3n) is 4.44. The van der Waals surface area contributed by atoms with Gasteiger partial charge in [0, 0.05) is 30.7 Å². The second-order valence-electron chi connectivity index (χ2n) is 5.85. The third kappa shape index (κ3) is 3.59. The number of aromatic nitrogens is 2. The van der Waals surface area contributed by atoms with Crippen LogP contribution in [0.1, 0.15) is 46.0 Å². The highest BCUT2D eigenvalue weighted by Gasteiger charge is 2.34. The molecule has 0 aliphatic rings. The minimum Gasteiger partial charge on any atom is -0.297 e. The van der Waals surface area contributed by atoms with Crippen molar-refractivity contribution in [1.29, 1.82) is 0 Å². The van der Waals surface area contributed by atoms with E-state index in [1.165, 1.54) is 5.69 Å². The summed E-state index contributed by atoms with van der Waals surface area (Å²) in [7, 11) is 2.01. The van der Waals surface area contributed by atoms with Crippen molar-refractivity contribution in [2.24, 2.45) is 12.9 Å². The molecule has 0 fully saturated rings. The van der Waals surface area contributed by atoms with E-state index >= 15 is 0 Å². The Morgan fingerprint density at radius 2 is 1.95 bits per heavy atom. The SMILES string of the molecule is CCc1cc(CC(NN)C(C)(C)N(CC)CC)n(C)n1. The van der Waals surface area contributed by atoms with Gasteiger partial charge in [-0.1, -0.05) is 20.8 Å². The largest absolute Gasteiger partial charge is 0.297 e. The van der Waals surface area contributed by atoms with Gasteiger partial charge < -0.3 is 0 Å². The lowest BCUT2D eigenvalue weighted by Gasteiger charge is -2.43. The minimum absolute atomic E-state index is 0.00506. The highest BCUT2D eigenvalue weighted by atomic mass is 15.3. The van der Waals surface area contributed by atoms with Crippen LogP contribution < -0.4 is 11.3 Å². The van der Waals surface area contributed by atoms with Gasteiger partial charge in [0.15, 0.2) is 0 Å². The fourth-order valence-corrected chi connectivity index (χ4v) is 2.92. The van der Waals surface area contributed by atoms with Gasteiger partial charge in [0.2, 0.25) is 0 Å². The minimum atomic E-state index is -0.00506. The number of nitrogens with zero attached hydrogens (tertiary/aromatic N) is 3. The van der Waals surface area contributed by atoms with Gasteiger partial charge in [-0.15, -0.1) is 0 Å². The van der Waals surface area contributed by atoms with Crippen LogP contribution in [-0.4, -0.2) is 39.4 Å². The zero-order valence-corrected chi connectivity index (χ0v) is 13.9. The maximum Gasteiger partial charge on any atom is 0.0624 e. The summed E-state index contributed by atoms with van der Waals surface area (Å²) in [5, 5.41) is 4.52. The Hall–Kier alpha value is -0.910. The average molecular weight is 281 g/mol. The molecule has 1 atom stereocenters. The molecule has 0 bridgehead atoms. The summed E-state index contributed by atoms with van der Waals surface area (Å²) in [5.41, 5.74) is 5.37. The van der Waals surface area contributed by atoms with Crippen molar-refractivity contribution in [3.63, 3.8) is 0 Å². The second-order valence-corrected chi connectivity index (χ2v) is 5.85. The van der Waals surface area contributed by atoms with Crippen molar-refractivity contribution in [2.75, 3.05) is 13.1 Å². The van der Waals surface area contributed by atoms with Crippen molar-refractivity contribution in [2.45, 2.75) is 59.0 Å². The van der Waals surface area contributed by atoms with Gasteiger partial charge in [0.25, 0.3) is 0 Å². The lowest BCUT2D eigenvalue weighted by Crippen LogP contribution is -2.60. The van der Waals surface area contributed by atoms with E-state index in [-0.39, 0.29) is 11.6 Å². The molecule has 0 saturated heterocycles. The van der Waals surface area contributed by atoms with Crippen LogP contribution in [0.2, 0.25) is 0 Å². The van der Waals surface area contributed by atoms with Gasteiger partial charge in [-0.25, -0.2) is 0 Å². The molecular formula is C15H31N5. The molecule has 0 aliphatic heterocycles. The zero-order valence-electron chi connectivity index (χ0n) is 13.9. The third-order valence-corrected chi connectivity index (χ3v) is 4.44. The summed E-state index contributed by atoms with van der Waals surface area (Å²) in [5.74, 6) is 5.84. The molecule has 1 rings (SSSR count). The van der Waals surface area contributed by atoms with Crippen molar-refractivity contribution < 1.29 is 0 Å². The van der Waals surface area contributed by atoms with Crippen LogP contribution in [0.3, 0.4) is 0 Å². The molecule has 0 aromatic carbocycles. The van der Waals surface area contributed by atoms with Crippen molar-refractivity contribution in [3.05, 3.63) is 17.5 Å². The number of rotatable bonds is 8. The van der Waals surface area contributed by atoms with E-state index in [0.29, 0.717) is 0 Å². The summed E-state index contributed by atoms with van der Waals surface area (Å²) in [6.07, 6.45) is 1.84. The molecule has 116 valence electrons. The quantitative estimate of drug-likeness (QED) is 0.560. The molecule has 0 saturated carbocycles. The first-order valence-electron chi connectivity index (χ1n) is 7.63. The number of aryl methyl sites for hydroxylation is 2. The molecule has 20 heavy (non-hydrogen) atoms. The zero-order chi connectivity index (χ0) is 15.3. The van der Waals surface area contributed by atoms with Crippen LogP contribution in [0.15, 0.2) is 6.07 Å². The first kappa shape index (κ1) is 17.1. The topological polar surface area (TPSA) is 59.1 Å². The predicted octanol–water partition coefficient (Wildman–Crippen LogP) is 1.48. The molecule has 0 spiro atoms. The molecule has 3 N–H and O–H groups in total. The van der Waals surface area contributed by atoms with E-state index in [9.17, 15) is 0 Å². The molecule has 5 heteroatoms. The summed E-state index contributed by atoms with van der Waals surface area (Å²) in [6, 6.07) is 2.37. The number of hydrogen-bond acceptors (Lipinski definition) is 4. The molecule has 1 aromatic rings. The van der Waals surface area contributed by atoms with Crippen molar-refractivity contribution in [3.8, 4) is 0 Å². The molecule has 0 radical (unpaired) electrons.